The van der Waals surface area contributed by atoms with Gasteiger partial charge in [0.05, 0.1) is 11.9 Å². The van der Waals surface area contributed by atoms with Gasteiger partial charge in [-0.25, -0.2) is 12.7 Å². The Balaban J connectivity index is 2.03. The smallest absolute Gasteiger partial charge is 0.218 e. The number of rotatable bonds is 5. The van der Waals surface area contributed by atoms with E-state index in [1.807, 2.05) is 31.2 Å². The van der Waals surface area contributed by atoms with Gasteiger partial charge in [-0.15, -0.1) is 0 Å². The van der Waals surface area contributed by atoms with Crippen LogP contribution in [0.25, 0.3) is 0 Å². The molecule has 0 spiro atoms. The van der Waals surface area contributed by atoms with Crippen LogP contribution in [0.1, 0.15) is 24.0 Å². The van der Waals surface area contributed by atoms with Crippen molar-refractivity contribution in [2.75, 3.05) is 20.2 Å². The van der Waals surface area contributed by atoms with Gasteiger partial charge in [0.2, 0.25) is 10.0 Å². The summed E-state index contributed by atoms with van der Waals surface area (Å²) in [6, 6.07) is 7.59. The summed E-state index contributed by atoms with van der Waals surface area (Å²) in [5.41, 5.74) is 1.87. The van der Waals surface area contributed by atoms with Crippen molar-refractivity contribution in [2.45, 2.75) is 31.6 Å². The summed E-state index contributed by atoms with van der Waals surface area (Å²) in [6.45, 7) is 3.13. The summed E-state index contributed by atoms with van der Waals surface area (Å²) in [7, 11) is -1.64. The number of nitrogens with zero attached hydrogens (tertiary/aromatic N) is 1. The summed E-state index contributed by atoms with van der Waals surface area (Å²) >= 11 is 0. The van der Waals surface area contributed by atoms with E-state index in [0.717, 1.165) is 30.6 Å². The molecule has 0 aliphatic carbocycles. The number of sulfonamides is 1. The van der Waals surface area contributed by atoms with Crippen LogP contribution in [0.15, 0.2) is 24.3 Å². The summed E-state index contributed by atoms with van der Waals surface area (Å²) in [5.74, 6) is 0.0584. The molecule has 1 heterocycles. The summed E-state index contributed by atoms with van der Waals surface area (Å²) in [6.07, 6.45) is 2.03. The molecule has 1 aromatic rings. The van der Waals surface area contributed by atoms with Gasteiger partial charge in [0.1, 0.15) is 0 Å². The van der Waals surface area contributed by atoms with Crippen LogP contribution in [0.3, 0.4) is 0 Å². The van der Waals surface area contributed by atoms with E-state index < -0.39 is 10.0 Å². The van der Waals surface area contributed by atoms with E-state index in [0.29, 0.717) is 6.54 Å². The van der Waals surface area contributed by atoms with Crippen LogP contribution in [0, 0.1) is 6.92 Å². The molecule has 2 rings (SSSR count). The van der Waals surface area contributed by atoms with Crippen molar-refractivity contribution < 1.29 is 13.2 Å². The van der Waals surface area contributed by atoms with Crippen LogP contribution in [0.4, 0.5) is 0 Å². The maximum Gasteiger partial charge on any atom is 0.218 e. The number of ether oxygens (including phenoxy) is 1. The fraction of sp³-hybridized carbons (Fsp3) is 0.571. The van der Waals surface area contributed by atoms with Gasteiger partial charge in [-0.2, -0.15) is 0 Å². The molecular weight excluding hydrogens is 262 g/mol. The molecule has 1 saturated heterocycles. The van der Waals surface area contributed by atoms with Crippen molar-refractivity contribution in [1.82, 2.24) is 4.31 Å². The molecule has 1 fully saturated rings. The lowest BCUT2D eigenvalue weighted by Crippen LogP contribution is -2.35. The van der Waals surface area contributed by atoms with Gasteiger partial charge < -0.3 is 4.74 Å². The molecule has 5 heteroatoms. The second kappa shape index (κ2) is 6.03. The zero-order valence-corrected chi connectivity index (χ0v) is 12.3. The summed E-state index contributed by atoms with van der Waals surface area (Å²) in [5, 5.41) is 0. The Labute approximate surface area is 115 Å². The predicted molar refractivity (Wildman–Crippen MR) is 75.4 cm³/mol. The predicted octanol–water partition coefficient (Wildman–Crippen LogP) is 1.94. The maximum absolute atomic E-state index is 12.3. The van der Waals surface area contributed by atoms with Gasteiger partial charge in [0.25, 0.3) is 0 Å². The van der Waals surface area contributed by atoms with E-state index in [1.165, 1.54) is 4.31 Å². The SMILES string of the molecule is Cc1ccccc1CS(=O)(=O)N(C)CC1CCCO1. The second-order valence-electron chi connectivity index (χ2n) is 5.10. The molecule has 1 atom stereocenters. The number of hydrogen-bond acceptors (Lipinski definition) is 3. The van der Waals surface area contributed by atoms with E-state index in [9.17, 15) is 8.42 Å². The van der Waals surface area contributed by atoms with Gasteiger partial charge in [0, 0.05) is 20.2 Å². The third-order valence-corrected chi connectivity index (χ3v) is 5.33. The first-order valence-corrected chi connectivity index (χ1v) is 8.20. The molecule has 0 aromatic heterocycles. The third kappa shape index (κ3) is 3.78. The molecule has 0 amide bonds. The Morgan fingerprint density at radius 1 is 1.37 bits per heavy atom. The Morgan fingerprint density at radius 2 is 2.11 bits per heavy atom. The number of likely N-dealkylation sites (N-methyl/N-ethyl adjacent to an activating group) is 1. The fourth-order valence-electron chi connectivity index (χ4n) is 2.27. The highest BCUT2D eigenvalue weighted by Crippen LogP contribution is 2.17. The van der Waals surface area contributed by atoms with Crippen LogP contribution < -0.4 is 0 Å². The second-order valence-corrected chi connectivity index (χ2v) is 7.17. The van der Waals surface area contributed by atoms with Crippen LogP contribution in [0.2, 0.25) is 0 Å². The lowest BCUT2D eigenvalue weighted by atomic mass is 10.1. The first-order chi connectivity index (χ1) is 8.99. The Hall–Kier alpha value is -0.910. The van der Waals surface area contributed by atoms with Crippen LogP contribution in [-0.4, -0.2) is 39.0 Å². The zero-order chi connectivity index (χ0) is 13.9. The van der Waals surface area contributed by atoms with Gasteiger partial charge >= 0.3 is 0 Å². The van der Waals surface area contributed by atoms with Crippen molar-refractivity contribution in [3.05, 3.63) is 35.4 Å². The third-order valence-electron chi connectivity index (χ3n) is 3.56. The molecular formula is C14H21NO3S. The zero-order valence-electron chi connectivity index (χ0n) is 11.5. The lowest BCUT2D eigenvalue weighted by molar-refractivity contribution is 0.0978. The van der Waals surface area contributed by atoms with E-state index >= 15 is 0 Å². The Kier molecular flexibility index (Phi) is 4.60. The molecule has 19 heavy (non-hydrogen) atoms. The van der Waals surface area contributed by atoms with E-state index in [4.69, 9.17) is 4.74 Å². The number of hydrogen-bond donors (Lipinski definition) is 0. The molecule has 0 radical (unpaired) electrons. The van der Waals surface area contributed by atoms with Gasteiger partial charge in [0.15, 0.2) is 0 Å². The van der Waals surface area contributed by atoms with Gasteiger partial charge in [-0.1, -0.05) is 24.3 Å². The minimum absolute atomic E-state index is 0.0524. The van der Waals surface area contributed by atoms with Crippen molar-refractivity contribution in [2.24, 2.45) is 0 Å². The highest BCUT2D eigenvalue weighted by Gasteiger charge is 2.25. The molecule has 4 nitrogen and oxygen atoms in total. The topological polar surface area (TPSA) is 46.6 Å². The first kappa shape index (κ1) is 14.5. The molecule has 0 bridgehead atoms. The van der Waals surface area contributed by atoms with Crippen LogP contribution in [0.5, 0.6) is 0 Å². The Bertz CT molecular complexity index is 521. The summed E-state index contributed by atoms with van der Waals surface area (Å²) in [4.78, 5) is 0. The standard InChI is InChI=1S/C14H21NO3S/c1-12-6-3-4-7-13(12)11-19(16,17)15(2)10-14-8-5-9-18-14/h3-4,6-7,14H,5,8-11H2,1-2H3. The summed E-state index contributed by atoms with van der Waals surface area (Å²) < 4.78 is 31.5. The monoisotopic (exact) mass is 283 g/mol. The number of benzene rings is 1. The van der Waals surface area contributed by atoms with Crippen molar-refractivity contribution in [3.63, 3.8) is 0 Å². The number of aryl methyl sites for hydroxylation is 1. The maximum atomic E-state index is 12.3. The highest BCUT2D eigenvalue weighted by molar-refractivity contribution is 7.88. The minimum Gasteiger partial charge on any atom is -0.377 e. The van der Waals surface area contributed by atoms with E-state index in [-0.39, 0.29) is 11.9 Å². The van der Waals surface area contributed by atoms with Gasteiger partial charge in [-0.3, -0.25) is 0 Å². The quantitative estimate of drug-likeness (QED) is 0.829. The molecule has 106 valence electrons. The van der Waals surface area contributed by atoms with Crippen LogP contribution in [-0.2, 0) is 20.5 Å². The normalized spacial score (nSPS) is 20.1. The van der Waals surface area contributed by atoms with Crippen molar-refractivity contribution in [1.29, 1.82) is 0 Å². The molecule has 1 unspecified atom stereocenters. The molecule has 1 aliphatic heterocycles. The molecule has 0 saturated carbocycles. The molecule has 1 aromatic carbocycles. The average Bonchev–Trinajstić information content (AvgIpc) is 2.84. The largest absolute Gasteiger partial charge is 0.377 e. The molecule has 1 aliphatic rings. The molecule has 0 N–H and O–H groups in total. The average molecular weight is 283 g/mol. The minimum atomic E-state index is -3.27. The van der Waals surface area contributed by atoms with Crippen molar-refractivity contribution in [3.8, 4) is 0 Å². The van der Waals surface area contributed by atoms with Crippen molar-refractivity contribution >= 4 is 10.0 Å². The van der Waals surface area contributed by atoms with Gasteiger partial charge in [-0.05, 0) is 30.9 Å². The van der Waals surface area contributed by atoms with Crippen LogP contribution >= 0.6 is 0 Å². The van der Waals surface area contributed by atoms with E-state index in [2.05, 4.69) is 0 Å². The first-order valence-electron chi connectivity index (χ1n) is 6.59. The lowest BCUT2D eigenvalue weighted by Gasteiger charge is -2.21. The highest BCUT2D eigenvalue weighted by atomic mass is 32.2. The van der Waals surface area contributed by atoms with E-state index in [1.54, 1.807) is 7.05 Å². The fourth-order valence-corrected chi connectivity index (χ4v) is 3.60. The Morgan fingerprint density at radius 3 is 2.74 bits per heavy atom.